The zero-order valence-corrected chi connectivity index (χ0v) is 15.2. The summed E-state index contributed by atoms with van der Waals surface area (Å²) in [5.74, 6) is -1.56. The lowest BCUT2D eigenvalue weighted by molar-refractivity contribution is -0.384. The van der Waals surface area contributed by atoms with Crippen LogP contribution in [-0.4, -0.2) is 10.8 Å². The summed E-state index contributed by atoms with van der Waals surface area (Å²) in [7, 11) is 0. The van der Waals surface area contributed by atoms with E-state index in [1.807, 2.05) is 0 Å². The van der Waals surface area contributed by atoms with Crippen LogP contribution in [0.3, 0.4) is 0 Å². The molecular weight excluding hydrogens is 386 g/mol. The van der Waals surface area contributed by atoms with E-state index < -0.39 is 22.5 Å². The molecule has 8 heteroatoms. The van der Waals surface area contributed by atoms with Gasteiger partial charge in [-0.3, -0.25) is 14.9 Å². The quantitative estimate of drug-likeness (QED) is 0.469. The Kier molecular flexibility index (Phi) is 6.00. The van der Waals surface area contributed by atoms with Crippen LogP contribution < -0.4 is 5.32 Å². The summed E-state index contributed by atoms with van der Waals surface area (Å²) in [6, 6.07) is 15.7. The smallest absolute Gasteiger partial charge is 0.270 e. The number of nitro groups is 1. The highest BCUT2D eigenvalue weighted by Gasteiger charge is 2.19. The minimum absolute atomic E-state index is 0.0128. The lowest BCUT2D eigenvalue weighted by atomic mass is 10.1. The molecule has 0 heterocycles. The van der Waals surface area contributed by atoms with Gasteiger partial charge in [-0.25, -0.2) is 8.78 Å². The molecule has 0 saturated heterocycles. The molecule has 0 atom stereocenters. The molecule has 5 nitrogen and oxygen atoms in total. The first-order valence-electron chi connectivity index (χ1n) is 8.18. The normalized spacial score (nSPS) is 10.5. The van der Waals surface area contributed by atoms with Gasteiger partial charge in [-0.1, -0.05) is 42.1 Å². The third kappa shape index (κ3) is 4.52. The predicted molar refractivity (Wildman–Crippen MR) is 101 cm³/mol. The molecule has 0 fully saturated rings. The van der Waals surface area contributed by atoms with E-state index in [2.05, 4.69) is 5.32 Å². The molecule has 0 aliphatic rings. The van der Waals surface area contributed by atoms with Gasteiger partial charge in [-0.15, -0.1) is 0 Å². The van der Waals surface area contributed by atoms with Crippen molar-refractivity contribution >= 4 is 23.4 Å². The Morgan fingerprint density at radius 1 is 0.964 bits per heavy atom. The van der Waals surface area contributed by atoms with Crippen LogP contribution in [0.1, 0.15) is 15.9 Å². The van der Waals surface area contributed by atoms with Crippen molar-refractivity contribution in [3.8, 4) is 0 Å². The molecule has 28 heavy (non-hydrogen) atoms. The zero-order chi connectivity index (χ0) is 20.1. The molecular formula is C20H14F2N2O3S. The van der Waals surface area contributed by atoms with Gasteiger partial charge in [0.15, 0.2) is 0 Å². The summed E-state index contributed by atoms with van der Waals surface area (Å²) < 4.78 is 27.7. The molecule has 0 spiro atoms. The van der Waals surface area contributed by atoms with Gasteiger partial charge in [0.1, 0.15) is 11.6 Å². The van der Waals surface area contributed by atoms with Gasteiger partial charge < -0.3 is 5.32 Å². The molecule has 1 amide bonds. The molecule has 0 saturated carbocycles. The Morgan fingerprint density at radius 3 is 2.32 bits per heavy atom. The summed E-state index contributed by atoms with van der Waals surface area (Å²) in [5.41, 5.74) is 0.0253. The van der Waals surface area contributed by atoms with Crippen molar-refractivity contribution in [1.82, 2.24) is 5.32 Å². The number of non-ortho nitro benzene ring substituents is 1. The van der Waals surface area contributed by atoms with Crippen LogP contribution >= 0.6 is 11.8 Å². The van der Waals surface area contributed by atoms with E-state index in [0.29, 0.717) is 4.90 Å². The average Bonchev–Trinajstić information content (AvgIpc) is 2.69. The second-order valence-electron chi connectivity index (χ2n) is 5.74. The second kappa shape index (κ2) is 8.62. The Bertz CT molecular complexity index is 1040. The van der Waals surface area contributed by atoms with Gasteiger partial charge in [0.25, 0.3) is 11.6 Å². The van der Waals surface area contributed by atoms with Crippen molar-refractivity contribution < 1.29 is 18.5 Å². The summed E-state index contributed by atoms with van der Waals surface area (Å²) >= 11 is 0.982. The number of nitrogens with zero attached hydrogens (tertiary/aromatic N) is 1. The van der Waals surface area contributed by atoms with Crippen molar-refractivity contribution in [2.24, 2.45) is 0 Å². The van der Waals surface area contributed by atoms with E-state index in [4.69, 9.17) is 0 Å². The first-order valence-corrected chi connectivity index (χ1v) is 9.00. The van der Waals surface area contributed by atoms with E-state index in [1.165, 1.54) is 42.5 Å². The number of carbonyl (C=O) groups is 1. The lowest BCUT2D eigenvalue weighted by Gasteiger charge is -2.11. The molecule has 0 aliphatic heterocycles. The highest BCUT2D eigenvalue weighted by molar-refractivity contribution is 7.99. The minimum Gasteiger partial charge on any atom is -0.348 e. The number of hydrogen-bond acceptors (Lipinski definition) is 4. The van der Waals surface area contributed by atoms with Gasteiger partial charge in [0, 0.05) is 34.0 Å². The van der Waals surface area contributed by atoms with Crippen LogP contribution in [0.2, 0.25) is 0 Å². The van der Waals surface area contributed by atoms with Gasteiger partial charge >= 0.3 is 0 Å². The van der Waals surface area contributed by atoms with Crippen LogP contribution in [0, 0.1) is 21.7 Å². The third-order valence-corrected chi connectivity index (χ3v) is 5.00. The highest BCUT2D eigenvalue weighted by atomic mass is 32.2. The number of nitro benzene ring substituents is 1. The van der Waals surface area contributed by atoms with Crippen LogP contribution in [0.4, 0.5) is 14.5 Å². The van der Waals surface area contributed by atoms with E-state index >= 15 is 0 Å². The Hall–Kier alpha value is -3.26. The van der Waals surface area contributed by atoms with Crippen molar-refractivity contribution in [3.05, 3.63) is 99.6 Å². The molecule has 3 rings (SSSR count). The van der Waals surface area contributed by atoms with E-state index in [-0.39, 0.29) is 28.3 Å². The Labute approximate surface area is 163 Å². The molecule has 3 aromatic rings. The number of benzene rings is 3. The van der Waals surface area contributed by atoms with Crippen molar-refractivity contribution in [1.29, 1.82) is 0 Å². The number of carbonyl (C=O) groups excluding carboxylic acids is 1. The maximum atomic E-state index is 14.0. The molecule has 142 valence electrons. The van der Waals surface area contributed by atoms with Crippen LogP contribution in [0.5, 0.6) is 0 Å². The summed E-state index contributed by atoms with van der Waals surface area (Å²) in [5, 5.41) is 13.6. The number of rotatable bonds is 6. The topological polar surface area (TPSA) is 72.2 Å². The maximum Gasteiger partial charge on any atom is 0.270 e. The van der Waals surface area contributed by atoms with Crippen molar-refractivity contribution in [3.63, 3.8) is 0 Å². The monoisotopic (exact) mass is 400 g/mol. The summed E-state index contributed by atoms with van der Waals surface area (Å²) in [6.07, 6.45) is 0. The maximum absolute atomic E-state index is 14.0. The van der Waals surface area contributed by atoms with Gasteiger partial charge in [0.05, 0.1) is 10.5 Å². The van der Waals surface area contributed by atoms with Crippen LogP contribution in [0.25, 0.3) is 0 Å². The van der Waals surface area contributed by atoms with Crippen LogP contribution in [0.15, 0.2) is 76.5 Å². The Balaban J connectivity index is 1.89. The fourth-order valence-corrected chi connectivity index (χ4v) is 3.40. The SMILES string of the molecule is O=C(NCc1ccccc1F)c1cc([N+](=O)[O-])ccc1Sc1ccccc1F. The molecule has 0 unspecified atom stereocenters. The van der Waals surface area contributed by atoms with Crippen molar-refractivity contribution in [2.45, 2.75) is 16.3 Å². The predicted octanol–water partition coefficient (Wildman–Crippen LogP) is 4.95. The molecule has 0 bridgehead atoms. The largest absolute Gasteiger partial charge is 0.348 e. The fraction of sp³-hybridized carbons (Fsp3) is 0.0500. The van der Waals surface area contributed by atoms with E-state index in [1.54, 1.807) is 18.2 Å². The van der Waals surface area contributed by atoms with Gasteiger partial charge in [-0.05, 0) is 24.3 Å². The first kappa shape index (κ1) is 19.5. The number of hydrogen-bond donors (Lipinski definition) is 1. The zero-order valence-electron chi connectivity index (χ0n) is 14.4. The number of amides is 1. The molecule has 1 N–H and O–H groups in total. The minimum atomic E-state index is -0.620. The first-order chi connectivity index (χ1) is 13.5. The molecule has 0 radical (unpaired) electrons. The van der Waals surface area contributed by atoms with Gasteiger partial charge in [0.2, 0.25) is 0 Å². The lowest BCUT2D eigenvalue weighted by Crippen LogP contribution is -2.24. The standard InChI is InChI=1S/C20H14F2N2O3S/c21-16-6-2-1-5-13(16)12-23-20(25)15-11-14(24(26)27)9-10-18(15)28-19-8-4-3-7-17(19)22/h1-11H,12H2,(H,23,25). The van der Waals surface area contributed by atoms with Crippen LogP contribution in [-0.2, 0) is 6.54 Å². The van der Waals surface area contributed by atoms with Crippen molar-refractivity contribution in [2.75, 3.05) is 0 Å². The number of nitrogens with one attached hydrogen (secondary N) is 1. The van der Waals surface area contributed by atoms with E-state index in [0.717, 1.165) is 17.8 Å². The average molecular weight is 400 g/mol. The molecule has 0 aliphatic carbocycles. The van der Waals surface area contributed by atoms with E-state index in [9.17, 15) is 23.7 Å². The number of halogens is 2. The highest BCUT2D eigenvalue weighted by Crippen LogP contribution is 2.34. The van der Waals surface area contributed by atoms with Gasteiger partial charge in [-0.2, -0.15) is 0 Å². The third-order valence-electron chi connectivity index (χ3n) is 3.87. The second-order valence-corrected chi connectivity index (χ2v) is 6.83. The molecule has 0 aromatic heterocycles. The molecule has 3 aromatic carbocycles. The Morgan fingerprint density at radius 2 is 1.64 bits per heavy atom. The summed E-state index contributed by atoms with van der Waals surface area (Å²) in [6.45, 7) is -0.0853. The fourth-order valence-electron chi connectivity index (χ4n) is 2.46. The summed E-state index contributed by atoms with van der Waals surface area (Å²) in [4.78, 5) is 23.7.